The number of ether oxygens (including phenoxy) is 1. The van der Waals surface area contributed by atoms with Crippen LogP contribution in [0.15, 0.2) is 30.6 Å². The van der Waals surface area contributed by atoms with Crippen LogP contribution in [0.4, 0.5) is 0 Å². The molecule has 1 N–H and O–H groups in total. The molecule has 6 heteroatoms. The fourth-order valence-electron chi connectivity index (χ4n) is 3.82. The largest absolute Gasteiger partial charge is 0.504 e. The molecule has 0 bridgehead atoms. The number of imidazole rings is 1. The molecule has 2 aromatic rings. The Morgan fingerprint density at radius 3 is 2.96 bits per heavy atom. The fraction of sp³-hybridized carbons (Fsp3) is 0.500. The summed E-state index contributed by atoms with van der Waals surface area (Å²) in [5.41, 5.74) is 0.298. The second-order valence-electron chi connectivity index (χ2n) is 7.33. The van der Waals surface area contributed by atoms with Gasteiger partial charge in [0.05, 0.1) is 12.7 Å². The third-order valence-corrected chi connectivity index (χ3v) is 5.42. The van der Waals surface area contributed by atoms with E-state index >= 15 is 0 Å². The van der Waals surface area contributed by atoms with Crippen molar-refractivity contribution in [2.45, 2.75) is 38.1 Å². The number of phenols is 1. The molecule has 0 radical (unpaired) electrons. The predicted octanol–water partition coefficient (Wildman–Crippen LogP) is 3.03. The SMILES string of the molecule is COc1cccc(C(=O)N2CCCC(c3nccn3CC3CC3)C2)c1O. The number of amides is 1. The first-order chi connectivity index (χ1) is 12.7. The van der Waals surface area contributed by atoms with E-state index in [1.165, 1.54) is 20.0 Å². The number of hydrogen-bond acceptors (Lipinski definition) is 4. The second kappa shape index (κ2) is 7.02. The molecule has 1 aliphatic heterocycles. The lowest BCUT2D eigenvalue weighted by Crippen LogP contribution is -2.39. The number of piperidine rings is 1. The molecule has 4 rings (SSSR count). The first kappa shape index (κ1) is 16.9. The molecule has 2 fully saturated rings. The Bertz CT molecular complexity index is 797. The molecule has 1 unspecified atom stereocenters. The number of aromatic nitrogens is 2. The van der Waals surface area contributed by atoms with Crippen LogP contribution in [0.25, 0.3) is 0 Å². The van der Waals surface area contributed by atoms with Crippen molar-refractivity contribution in [1.82, 2.24) is 14.5 Å². The van der Waals surface area contributed by atoms with E-state index in [0.29, 0.717) is 24.4 Å². The zero-order valence-corrected chi connectivity index (χ0v) is 15.1. The van der Waals surface area contributed by atoms with Crippen molar-refractivity contribution in [3.05, 3.63) is 42.0 Å². The number of para-hydroxylation sites is 1. The van der Waals surface area contributed by atoms with Crippen molar-refractivity contribution in [2.24, 2.45) is 5.92 Å². The number of carbonyl (C=O) groups is 1. The highest BCUT2D eigenvalue weighted by Gasteiger charge is 2.30. The van der Waals surface area contributed by atoms with Crippen molar-refractivity contribution in [2.75, 3.05) is 20.2 Å². The standard InChI is InChI=1S/C20H25N3O3/c1-26-17-6-2-5-16(18(17)24)20(25)23-10-3-4-15(13-23)19-21-9-11-22(19)12-14-7-8-14/h2,5-6,9,11,14-15,24H,3-4,7-8,10,12-13H2,1H3. The van der Waals surface area contributed by atoms with Crippen molar-refractivity contribution >= 4 is 5.91 Å². The number of benzene rings is 1. The molecular weight excluding hydrogens is 330 g/mol. The van der Waals surface area contributed by atoms with Gasteiger partial charge in [-0.3, -0.25) is 4.79 Å². The second-order valence-corrected chi connectivity index (χ2v) is 7.33. The van der Waals surface area contributed by atoms with E-state index in [9.17, 15) is 9.90 Å². The van der Waals surface area contributed by atoms with Crippen LogP contribution in [0.1, 0.15) is 47.8 Å². The van der Waals surface area contributed by atoms with Crippen molar-refractivity contribution in [1.29, 1.82) is 0 Å². The zero-order chi connectivity index (χ0) is 18.1. The molecular formula is C20H25N3O3. The van der Waals surface area contributed by atoms with Gasteiger partial charge in [0, 0.05) is 37.9 Å². The van der Waals surface area contributed by atoms with Crippen LogP contribution < -0.4 is 4.74 Å². The summed E-state index contributed by atoms with van der Waals surface area (Å²) in [5.74, 6) is 2.21. The molecule has 1 amide bonds. The Labute approximate surface area is 153 Å². The van der Waals surface area contributed by atoms with Crippen LogP contribution in [0.3, 0.4) is 0 Å². The molecule has 1 aromatic carbocycles. The molecule has 2 heterocycles. The zero-order valence-electron chi connectivity index (χ0n) is 15.1. The maximum absolute atomic E-state index is 13.0. The summed E-state index contributed by atoms with van der Waals surface area (Å²) in [6, 6.07) is 5.03. The predicted molar refractivity (Wildman–Crippen MR) is 97.5 cm³/mol. The van der Waals surface area contributed by atoms with Crippen LogP contribution in [0, 0.1) is 5.92 Å². The summed E-state index contributed by atoms with van der Waals surface area (Å²) < 4.78 is 7.39. The highest BCUT2D eigenvalue weighted by Crippen LogP contribution is 2.34. The highest BCUT2D eigenvalue weighted by molar-refractivity contribution is 5.97. The summed E-state index contributed by atoms with van der Waals surface area (Å²) in [5, 5.41) is 10.3. The van der Waals surface area contributed by atoms with Gasteiger partial charge in [-0.2, -0.15) is 0 Å². The first-order valence-corrected chi connectivity index (χ1v) is 9.33. The van der Waals surface area contributed by atoms with E-state index in [1.54, 1.807) is 18.2 Å². The van der Waals surface area contributed by atoms with Gasteiger partial charge >= 0.3 is 0 Å². The molecule has 1 aliphatic carbocycles. The number of nitrogens with zero attached hydrogens (tertiary/aromatic N) is 3. The Kier molecular flexibility index (Phi) is 4.57. The van der Waals surface area contributed by atoms with E-state index in [4.69, 9.17) is 4.74 Å². The third-order valence-electron chi connectivity index (χ3n) is 5.42. The monoisotopic (exact) mass is 355 g/mol. The molecule has 1 atom stereocenters. The van der Waals surface area contributed by atoms with Gasteiger partial charge in [-0.25, -0.2) is 4.98 Å². The van der Waals surface area contributed by atoms with Crippen LogP contribution in [0.2, 0.25) is 0 Å². The number of phenolic OH excluding ortho intramolecular Hbond substituents is 1. The fourth-order valence-corrected chi connectivity index (χ4v) is 3.82. The molecule has 26 heavy (non-hydrogen) atoms. The van der Waals surface area contributed by atoms with E-state index in [1.807, 2.05) is 11.1 Å². The Hall–Kier alpha value is -2.50. The Balaban J connectivity index is 1.52. The molecule has 1 saturated heterocycles. The molecule has 6 nitrogen and oxygen atoms in total. The van der Waals surface area contributed by atoms with Gasteiger partial charge in [-0.1, -0.05) is 6.07 Å². The van der Waals surface area contributed by atoms with Crippen molar-refractivity contribution < 1.29 is 14.6 Å². The Morgan fingerprint density at radius 1 is 1.35 bits per heavy atom. The maximum atomic E-state index is 13.0. The topological polar surface area (TPSA) is 67.6 Å². The lowest BCUT2D eigenvalue weighted by molar-refractivity contribution is 0.0699. The quantitative estimate of drug-likeness (QED) is 0.895. The summed E-state index contributed by atoms with van der Waals surface area (Å²) in [6.07, 6.45) is 8.52. The lowest BCUT2D eigenvalue weighted by atomic mass is 9.96. The summed E-state index contributed by atoms with van der Waals surface area (Å²) in [7, 11) is 1.49. The highest BCUT2D eigenvalue weighted by atomic mass is 16.5. The molecule has 2 aliphatic rings. The number of likely N-dealkylation sites (tertiary alicyclic amines) is 1. The lowest BCUT2D eigenvalue weighted by Gasteiger charge is -2.33. The van der Waals surface area contributed by atoms with E-state index < -0.39 is 0 Å². The van der Waals surface area contributed by atoms with Crippen LogP contribution in [-0.2, 0) is 6.54 Å². The summed E-state index contributed by atoms with van der Waals surface area (Å²) >= 11 is 0. The van der Waals surface area contributed by atoms with Gasteiger partial charge in [-0.05, 0) is 43.7 Å². The van der Waals surface area contributed by atoms with E-state index in [2.05, 4.69) is 15.7 Å². The summed E-state index contributed by atoms with van der Waals surface area (Å²) in [6.45, 7) is 2.38. The van der Waals surface area contributed by atoms with Gasteiger partial charge in [0.2, 0.25) is 0 Å². The molecule has 1 aromatic heterocycles. The number of methoxy groups -OCH3 is 1. The van der Waals surface area contributed by atoms with Crippen LogP contribution in [0.5, 0.6) is 11.5 Å². The van der Waals surface area contributed by atoms with Gasteiger partial charge in [0.1, 0.15) is 5.82 Å². The maximum Gasteiger partial charge on any atom is 0.257 e. The molecule has 138 valence electrons. The normalized spacial score (nSPS) is 20.2. The smallest absolute Gasteiger partial charge is 0.257 e. The van der Waals surface area contributed by atoms with E-state index in [0.717, 1.165) is 31.1 Å². The number of rotatable bonds is 5. The third kappa shape index (κ3) is 3.28. The van der Waals surface area contributed by atoms with Gasteiger partial charge in [-0.15, -0.1) is 0 Å². The Morgan fingerprint density at radius 2 is 2.19 bits per heavy atom. The number of carbonyl (C=O) groups excluding carboxylic acids is 1. The molecule has 1 saturated carbocycles. The van der Waals surface area contributed by atoms with Gasteiger partial charge in [0.15, 0.2) is 11.5 Å². The minimum absolute atomic E-state index is 0.0858. The van der Waals surface area contributed by atoms with E-state index in [-0.39, 0.29) is 17.6 Å². The average molecular weight is 355 g/mol. The number of aromatic hydroxyl groups is 1. The average Bonchev–Trinajstić information content (AvgIpc) is 3.36. The van der Waals surface area contributed by atoms with Crippen molar-refractivity contribution in [3.8, 4) is 11.5 Å². The van der Waals surface area contributed by atoms with Crippen molar-refractivity contribution in [3.63, 3.8) is 0 Å². The summed E-state index contributed by atoms with van der Waals surface area (Å²) in [4.78, 5) is 19.4. The van der Waals surface area contributed by atoms with Gasteiger partial charge < -0.3 is 19.3 Å². The minimum Gasteiger partial charge on any atom is -0.504 e. The van der Waals surface area contributed by atoms with Gasteiger partial charge in [0.25, 0.3) is 5.91 Å². The first-order valence-electron chi connectivity index (χ1n) is 9.33. The van der Waals surface area contributed by atoms with Crippen LogP contribution >= 0.6 is 0 Å². The molecule has 0 spiro atoms. The van der Waals surface area contributed by atoms with Crippen LogP contribution in [-0.4, -0.2) is 45.7 Å². The minimum atomic E-state index is -0.147. The number of hydrogen-bond donors (Lipinski definition) is 1.